The van der Waals surface area contributed by atoms with Crippen LogP contribution in [-0.4, -0.2) is 11.6 Å². The molecule has 0 radical (unpaired) electrons. The van der Waals surface area contributed by atoms with Crippen LogP contribution >= 0.6 is 23.6 Å². The maximum Gasteiger partial charge on any atom is 0.124 e. The number of benzene rings is 1. The van der Waals surface area contributed by atoms with E-state index >= 15 is 0 Å². The van der Waals surface area contributed by atoms with Gasteiger partial charge in [-0.1, -0.05) is 18.3 Å². The lowest BCUT2D eigenvalue weighted by atomic mass is 10.1. The molecule has 0 fully saturated rings. The first-order valence-corrected chi connectivity index (χ1v) is 7.13. The molecule has 0 aliphatic heterocycles. The summed E-state index contributed by atoms with van der Waals surface area (Å²) in [7, 11) is 0. The van der Waals surface area contributed by atoms with E-state index < -0.39 is 0 Å². The van der Waals surface area contributed by atoms with Gasteiger partial charge in [-0.15, -0.1) is 11.3 Å². The fourth-order valence-corrected chi connectivity index (χ4v) is 2.50. The van der Waals surface area contributed by atoms with Crippen LogP contribution in [0, 0.1) is 5.82 Å². The van der Waals surface area contributed by atoms with Gasteiger partial charge in [0, 0.05) is 16.9 Å². The highest BCUT2D eigenvalue weighted by Gasteiger charge is 2.03. The topological polar surface area (TPSA) is 35.2 Å². The van der Waals surface area contributed by atoms with Gasteiger partial charge in [-0.25, -0.2) is 4.39 Å². The zero-order valence-electron chi connectivity index (χ0n) is 10.3. The standard InChI is InChI=1S/C14H14FNOS2/c15-12-7-10(6-11(8-12)14(16)18)9-17-4-3-13-2-1-5-19-13/h1-2,5-8H,3-4,9H2,(H2,16,18). The van der Waals surface area contributed by atoms with Gasteiger partial charge in [0.05, 0.1) is 13.2 Å². The van der Waals surface area contributed by atoms with E-state index in [-0.39, 0.29) is 10.8 Å². The van der Waals surface area contributed by atoms with Crippen LogP contribution in [0.1, 0.15) is 16.0 Å². The molecule has 0 unspecified atom stereocenters. The highest BCUT2D eigenvalue weighted by atomic mass is 32.1. The molecule has 0 atom stereocenters. The van der Waals surface area contributed by atoms with Gasteiger partial charge in [-0.05, 0) is 35.2 Å². The van der Waals surface area contributed by atoms with Crippen molar-refractivity contribution in [3.63, 3.8) is 0 Å². The average Bonchev–Trinajstić information content (AvgIpc) is 2.87. The molecule has 100 valence electrons. The first-order valence-electron chi connectivity index (χ1n) is 5.84. The van der Waals surface area contributed by atoms with E-state index in [1.165, 1.54) is 17.0 Å². The van der Waals surface area contributed by atoms with E-state index in [1.807, 2.05) is 11.4 Å². The highest BCUT2D eigenvalue weighted by Crippen LogP contribution is 2.12. The Hall–Kier alpha value is -1.30. The van der Waals surface area contributed by atoms with E-state index in [9.17, 15) is 4.39 Å². The second-order valence-electron chi connectivity index (χ2n) is 4.09. The second-order valence-corrected chi connectivity index (χ2v) is 5.57. The van der Waals surface area contributed by atoms with Crippen molar-refractivity contribution >= 4 is 28.5 Å². The van der Waals surface area contributed by atoms with Gasteiger partial charge < -0.3 is 10.5 Å². The zero-order chi connectivity index (χ0) is 13.7. The largest absolute Gasteiger partial charge is 0.389 e. The normalized spacial score (nSPS) is 10.6. The van der Waals surface area contributed by atoms with Crippen molar-refractivity contribution in [2.75, 3.05) is 6.61 Å². The third kappa shape index (κ3) is 4.38. The number of thiophene rings is 1. The van der Waals surface area contributed by atoms with Crippen LogP contribution in [-0.2, 0) is 17.8 Å². The fourth-order valence-electron chi connectivity index (χ4n) is 1.69. The number of ether oxygens (including phenoxy) is 1. The second kappa shape index (κ2) is 6.75. The number of hydrogen-bond donors (Lipinski definition) is 1. The van der Waals surface area contributed by atoms with Crippen molar-refractivity contribution in [2.45, 2.75) is 13.0 Å². The summed E-state index contributed by atoms with van der Waals surface area (Å²) in [5.74, 6) is -0.345. The van der Waals surface area contributed by atoms with Crippen molar-refractivity contribution in [3.05, 3.63) is 57.5 Å². The first kappa shape index (κ1) is 14.1. The fraction of sp³-hybridized carbons (Fsp3) is 0.214. The van der Waals surface area contributed by atoms with E-state index in [4.69, 9.17) is 22.7 Å². The quantitative estimate of drug-likeness (QED) is 0.656. The van der Waals surface area contributed by atoms with Crippen LogP contribution in [0.5, 0.6) is 0 Å². The Morgan fingerprint density at radius 3 is 2.89 bits per heavy atom. The third-order valence-corrected chi connectivity index (χ3v) is 3.76. The molecule has 2 N–H and O–H groups in total. The molecule has 0 aliphatic carbocycles. The van der Waals surface area contributed by atoms with Crippen LogP contribution < -0.4 is 5.73 Å². The molecule has 0 bridgehead atoms. The Bertz CT molecular complexity index is 555. The number of nitrogens with two attached hydrogens (primary N) is 1. The lowest BCUT2D eigenvalue weighted by Crippen LogP contribution is -2.10. The monoisotopic (exact) mass is 295 g/mol. The minimum Gasteiger partial charge on any atom is -0.389 e. The molecule has 0 saturated carbocycles. The predicted molar refractivity (Wildman–Crippen MR) is 80.0 cm³/mol. The highest BCUT2D eigenvalue weighted by molar-refractivity contribution is 7.80. The van der Waals surface area contributed by atoms with Crippen molar-refractivity contribution < 1.29 is 9.13 Å². The molecule has 2 aromatic rings. The molecule has 5 heteroatoms. The first-order chi connectivity index (χ1) is 9.15. The van der Waals surface area contributed by atoms with Crippen molar-refractivity contribution in [3.8, 4) is 0 Å². The molecule has 1 aromatic heterocycles. The summed E-state index contributed by atoms with van der Waals surface area (Å²) in [5.41, 5.74) is 6.77. The third-order valence-electron chi connectivity index (χ3n) is 2.58. The van der Waals surface area contributed by atoms with Crippen LogP contribution in [0.2, 0.25) is 0 Å². The van der Waals surface area contributed by atoms with Crippen LogP contribution in [0.4, 0.5) is 4.39 Å². The van der Waals surface area contributed by atoms with Crippen molar-refractivity contribution in [1.82, 2.24) is 0 Å². The van der Waals surface area contributed by atoms with Gasteiger partial charge in [0.15, 0.2) is 0 Å². The Morgan fingerprint density at radius 2 is 2.21 bits per heavy atom. The van der Waals surface area contributed by atoms with Gasteiger partial charge in [0.25, 0.3) is 0 Å². The maximum absolute atomic E-state index is 13.4. The van der Waals surface area contributed by atoms with Crippen molar-refractivity contribution in [1.29, 1.82) is 0 Å². The molecule has 2 nitrogen and oxygen atoms in total. The van der Waals surface area contributed by atoms with Gasteiger partial charge in [0.2, 0.25) is 0 Å². The Labute approximate surface area is 121 Å². The number of thiocarbonyl (C=S) groups is 1. The summed E-state index contributed by atoms with van der Waals surface area (Å²) in [4.78, 5) is 1.47. The Morgan fingerprint density at radius 1 is 1.37 bits per heavy atom. The minimum absolute atomic E-state index is 0.194. The average molecular weight is 295 g/mol. The molecule has 19 heavy (non-hydrogen) atoms. The van der Waals surface area contributed by atoms with E-state index in [1.54, 1.807) is 17.4 Å². The molecule has 1 aromatic carbocycles. The number of hydrogen-bond acceptors (Lipinski definition) is 3. The van der Waals surface area contributed by atoms with Gasteiger partial charge in [-0.3, -0.25) is 0 Å². The van der Waals surface area contributed by atoms with Crippen LogP contribution in [0.15, 0.2) is 35.7 Å². The summed E-state index contributed by atoms with van der Waals surface area (Å²) in [6, 6.07) is 8.61. The SMILES string of the molecule is NC(=S)c1cc(F)cc(COCCc2cccs2)c1. The molecule has 0 amide bonds. The lowest BCUT2D eigenvalue weighted by molar-refractivity contribution is 0.124. The summed E-state index contributed by atoms with van der Waals surface area (Å²) >= 11 is 6.55. The lowest BCUT2D eigenvalue weighted by Gasteiger charge is -2.06. The Kier molecular flexibility index (Phi) is 5.01. The zero-order valence-corrected chi connectivity index (χ0v) is 11.9. The molecular weight excluding hydrogens is 281 g/mol. The Balaban J connectivity index is 1.87. The molecule has 0 spiro atoms. The summed E-state index contributed by atoms with van der Waals surface area (Å²) < 4.78 is 18.9. The van der Waals surface area contributed by atoms with E-state index in [2.05, 4.69) is 6.07 Å². The smallest absolute Gasteiger partial charge is 0.124 e. The maximum atomic E-state index is 13.4. The van der Waals surface area contributed by atoms with Crippen molar-refractivity contribution in [2.24, 2.45) is 5.73 Å². The number of halogens is 1. The molecular formula is C14H14FNOS2. The molecule has 0 saturated heterocycles. The van der Waals surface area contributed by atoms with Gasteiger partial charge >= 0.3 is 0 Å². The predicted octanol–water partition coefficient (Wildman–Crippen LogP) is 3.28. The molecule has 2 rings (SSSR count). The van der Waals surface area contributed by atoms with E-state index in [0.29, 0.717) is 18.8 Å². The number of rotatable bonds is 6. The summed E-state index contributed by atoms with van der Waals surface area (Å²) in [6.45, 7) is 0.970. The van der Waals surface area contributed by atoms with Crippen LogP contribution in [0.25, 0.3) is 0 Å². The molecule has 0 aliphatic rings. The summed E-state index contributed by atoms with van der Waals surface area (Å²) in [6.07, 6.45) is 0.870. The minimum atomic E-state index is -0.345. The summed E-state index contributed by atoms with van der Waals surface area (Å²) in [5, 5.41) is 2.04. The van der Waals surface area contributed by atoms with Crippen LogP contribution in [0.3, 0.4) is 0 Å². The van der Waals surface area contributed by atoms with Gasteiger partial charge in [0.1, 0.15) is 10.8 Å². The van der Waals surface area contributed by atoms with Gasteiger partial charge in [-0.2, -0.15) is 0 Å². The van der Waals surface area contributed by atoms with E-state index in [0.717, 1.165) is 12.0 Å². The molecule has 1 heterocycles.